The van der Waals surface area contributed by atoms with Gasteiger partial charge in [-0.15, -0.1) is 0 Å². The van der Waals surface area contributed by atoms with E-state index in [1.807, 2.05) is 0 Å². The summed E-state index contributed by atoms with van der Waals surface area (Å²) in [5.74, 6) is 0.427. The molecule has 0 N–H and O–H groups in total. The predicted molar refractivity (Wildman–Crippen MR) is 111 cm³/mol. The Morgan fingerprint density at radius 3 is 2.57 bits per heavy atom. The first-order valence-electron chi connectivity index (χ1n) is 9.50. The van der Waals surface area contributed by atoms with Crippen molar-refractivity contribution in [3.8, 4) is 22.6 Å². The van der Waals surface area contributed by atoms with Gasteiger partial charge < -0.3 is 4.42 Å². The van der Waals surface area contributed by atoms with Crippen LogP contribution in [-0.2, 0) is 9.84 Å². The molecule has 1 aliphatic carbocycles. The third-order valence-electron chi connectivity index (χ3n) is 5.12. The molecule has 7 nitrogen and oxygen atoms in total. The Hall–Kier alpha value is -3.39. The molecule has 150 valence electrons. The Bertz CT molecular complexity index is 1390. The Balaban J connectivity index is 1.59. The second-order valence-electron chi connectivity index (χ2n) is 7.31. The monoisotopic (exact) mass is 419 g/mol. The van der Waals surface area contributed by atoms with Crippen molar-refractivity contribution in [1.82, 2.24) is 15.0 Å². The van der Waals surface area contributed by atoms with E-state index in [1.54, 1.807) is 48.7 Å². The van der Waals surface area contributed by atoms with Crippen molar-refractivity contribution < 1.29 is 17.6 Å². The molecule has 1 aromatic carbocycles. The number of carbonyl (C=O) groups excluding carboxylic acids is 1. The van der Waals surface area contributed by atoms with E-state index in [0.29, 0.717) is 57.1 Å². The van der Waals surface area contributed by atoms with Crippen LogP contribution in [0.4, 0.5) is 0 Å². The molecule has 4 aromatic rings. The molecule has 30 heavy (non-hydrogen) atoms. The van der Waals surface area contributed by atoms with E-state index >= 15 is 0 Å². The molecular weight excluding hydrogens is 402 g/mol. The number of pyridine rings is 1. The second kappa shape index (κ2) is 6.84. The predicted octanol–water partition coefficient (Wildman–Crippen LogP) is 4.09. The third-order valence-corrected chi connectivity index (χ3v) is 7.38. The van der Waals surface area contributed by atoms with Gasteiger partial charge in [-0.2, -0.15) is 0 Å². The SMILES string of the molecule is CC(=O)c1ccc(-c2cc3ncnc(-c4cccc(S(=O)(=O)C5CC5)c4)c3o2)cn1. The minimum atomic E-state index is -3.31. The number of carbonyl (C=O) groups is 1. The zero-order valence-electron chi connectivity index (χ0n) is 16.1. The van der Waals surface area contributed by atoms with Gasteiger partial charge in [0.05, 0.1) is 10.1 Å². The molecule has 1 fully saturated rings. The van der Waals surface area contributed by atoms with Crippen molar-refractivity contribution in [3.63, 3.8) is 0 Å². The van der Waals surface area contributed by atoms with Crippen molar-refractivity contribution in [2.45, 2.75) is 29.9 Å². The fraction of sp³-hybridized carbons (Fsp3) is 0.182. The van der Waals surface area contributed by atoms with Crippen LogP contribution in [0.15, 0.2) is 64.3 Å². The van der Waals surface area contributed by atoms with Gasteiger partial charge in [-0.1, -0.05) is 12.1 Å². The van der Waals surface area contributed by atoms with Crippen molar-refractivity contribution in [2.24, 2.45) is 0 Å². The van der Waals surface area contributed by atoms with Gasteiger partial charge in [-0.05, 0) is 37.1 Å². The van der Waals surface area contributed by atoms with Crippen LogP contribution in [0, 0.1) is 0 Å². The van der Waals surface area contributed by atoms with Gasteiger partial charge in [-0.25, -0.2) is 18.4 Å². The molecular formula is C22H17N3O4S. The molecule has 0 atom stereocenters. The van der Waals surface area contributed by atoms with Gasteiger partial charge >= 0.3 is 0 Å². The lowest BCUT2D eigenvalue weighted by molar-refractivity contribution is 0.101. The van der Waals surface area contributed by atoms with E-state index in [4.69, 9.17) is 4.42 Å². The Kier molecular flexibility index (Phi) is 4.25. The van der Waals surface area contributed by atoms with Gasteiger partial charge in [0, 0.05) is 30.3 Å². The lowest BCUT2D eigenvalue weighted by Gasteiger charge is -2.06. The highest BCUT2D eigenvalue weighted by Gasteiger charge is 2.37. The van der Waals surface area contributed by atoms with Crippen molar-refractivity contribution >= 4 is 26.7 Å². The van der Waals surface area contributed by atoms with Gasteiger partial charge in [-0.3, -0.25) is 9.78 Å². The lowest BCUT2D eigenvalue weighted by atomic mass is 10.1. The highest BCUT2D eigenvalue weighted by Crippen LogP contribution is 2.36. The molecule has 3 heterocycles. The van der Waals surface area contributed by atoms with Crippen LogP contribution in [0.2, 0.25) is 0 Å². The zero-order chi connectivity index (χ0) is 20.9. The number of rotatable bonds is 5. The van der Waals surface area contributed by atoms with Crippen LogP contribution in [0.25, 0.3) is 33.7 Å². The zero-order valence-corrected chi connectivity index (χ0v) is 16.9. The number of aromatic nitrogens is 3. The number of hydrogen-bond donors (Lipinski definition) is 0. The molecule has 1 aliphatic rings. The summed E-state index contributed by atoms with van der Waals surface area (Å²) >= 11 is 0. The van der Waals surface area contributed by atoms with Crippen LogP contribution >= 0.6 is 0 Å². The van der Waals surface area contributed by atoms with Crippen LogP contribution in [0.5, 0.6) is 0 Å². The Labute approximate surface area is 172 Å². The van der Waals surface area contributed by atoms with E-state index in [-0.39, 0.29) is 11.0 Å². The summed E-state index contributed by atoms with van der Waals surface area (Å²) in [6.45, 7) is 1.46. The first-order chi connectivity index (χ1) is 14.4. The van der Waals surface area contributed by atoms with E-state index < -0.39 is 9.84 Å². The van der Waals surface area contributed by atoms with Gasteiger partial charge in [0.1, 0.15) is 29.0 Å². The lowest BCUT2D eigenvalue weighted by Crippen LogP contribution is -2.07. The molecule has 0 saturated heterocycles. The number of hydrogen-bond acceptors (Lipinski definition) is 7. The highest BCUT2D eigenvalue weighted by molar-refractivity contribution is 7.92. The number of Topliss-reactive ketones (excluding diaryl/α,β-unsaturated/α-hetero) is 1. The number of sulfone groups is 1. The first kappa shape index (κ1) is 18.6. The summed E-state index contributed by atoms with van der Waals surface area (Å²) < 4.78 is 31.3. The summed E-state index contributed by atoms with van der Waals surface area (Å²) in [7, 11) is -3.31. The van der Waals surface area contributed by atoms with E-state index in [1.165, 1.54) is 13.3 Å². The number of benzene rings is 1. The molecule has 0 unspecified atom stereocenters. The quantitative estimate of drug-likeness (QED) is 0.449. The molecule has 0 spiro atoms. The smallest absolute Gasteiger partial charge is 0.181 e. The minimum Gasteiger partial charge on any atom is -0.452 e. The largest absolute Gasteiger partial charge is 0.452 e. The number of furan rings is 1. The maximum Gasteiger partial charge on any atom is 0.181 e. The van der Waals surface area contributed by atoms with Crippen LogP contribution in [0.3, 0.4) is 0 Å². The van der Waals surface area contributed by atoms with E-state index in [9.17, 15) is 13.2 Å². The Morgan fingerprint density at radius 2 is 1.87 bits per heavy atom. The molecule has 5 rings (SSSR count). The summed E-state index contributed by atoms with van der Waals surface area (Å²) in [6, 6.07) is 12.0. The standard InChI is InChI=1S/C22H17N3O4S/c1-13(26)18-8-5-15(11-23-18)20-10-19-22(29-20)21(25-12-24-19)14-3-2-4-17(9-14)30(27,28)16-6-7-16/h2-5,8-12,16H,6-7H2,1H3. The number of fused-ring (bicyclic) bond motifs is 1. The highest BCUT2D eigenvalue weighted by atomic mass is 32.2. The molecule has 0 aliphatic heterocycles. The topological polar surface area (TPSA) is 103 Å². The minimum absolute atomic E-state index is 0.111. The van der Waals surface area contributed by atoms with Crippen molar-refractivity contribution in [1.29, 1.82) is 0 Å². The maximum atomic E-state index is 12.6. The van der Waals surface area contributed by atoms with Crippen LogP contribution in [0.1, 0.15) is 30.3 Å². The molecule has 0 radical (unpaired) electrons. The fourth-order valence-corrected chi connectivity index (χ4v) is 5.04. The van der Waals surface area contributed by atoms with Crippen molar-refractivity contribution in [3.05, 3.63) is 60.7 Å². The molecule has 8 heteroatoms. The van der Waals surface area contributed by atoms with Crippen molar-refractivity contribution in [2.75, 3.05) is 0 Å². The Morgan fingerprint density at radius 1 is 1.03 bits per heavy atom. The van der Waals surface area contributed by atoms with Crippen LogP contribution < -0.4 is 0 Å². The molecule has 0 amide bonds. The average molecular weight is 419 g/mol. The number of nitrogens with zero attached hydrogens (tertiary/aromatic N) is 3. The van der Waals surface area contributed by atoms with E-state index in [0.717, 1.165) is 0 Å². The van der Waals surface area contributed by atoms with Gasteiger partial charge in [0.15, 0.2) is 21.2 Å². The summed E-state index contributed by atoms with van der Waals surface area (Å²) in [6.07, 6.45) is 4.42. The molecule has 1 saturated carbocycles. The van der Waals surface area contributed by atoms with Gasteiger partial charge in [0.2, 0.25) is 0 Å². The van der Waals surface area contributed by atoms with E-state index in [2.05, 4.69) is 15.0 Å². The van der Waals surface area contributed by atoms with Gasteiger partial charge in [0.25, 0.3) is 0 Å². The summed E-state index contributed by atoms with van der Waals surface area (Å²) in [5.41, 5.74) is 3.31. The number of ketones is 1. The third kappa shape index (κ3) is 3.19. The summed E-state index contributed by atoms with van der Waals surface area (Å²) in [5, 5.41) is -0.279. The maximum absolute atomic E-state index is 12.6. The van der Waals surface area contributed by atoms with Crippen LogP contribution in [-0.4, -0.2) is 34.4 Å². The summed E-state index contributed by atoms with van der Waals surface area (Å²) in [4.78, 5) is 24.5. The molecule has 3 aromatic heterocycles. The second-order valence-corrected chi connectivity index (χ2v) is 9.54. The average Bonchev–Trinajstić information content (AvgIpc) is 3.53. The molecule has 0 bridgehead atoms. The first-order valence-corrected chi connectivity index (χ1v) is 11.0. The normalized spacial score (nSPS) is 14.2. The fourth-order valence-electron chi connectivity index (χ4n) is 3.34.